The molecule has 1 saturated heterocycles. The minimum Gasteiger partial charge on any atom is -0.343 e. The summed E-state index contributed by atoms with van der Waals surface area (Å²) in [5.74, 6) is -1.01. The molecule has 0 unspecified atom stereocenters. The van der Waals surface area contributed by atoms with E-state index in [1.165, 1.54) is 12.1 Å². The summed E-state index contributed by atoms with van der Waals surface area (Å²) in [6, 6.07) is 6.19. The van der Waals surface area contributed by atoms with Gasteiger partial charge in [0, 0.05) is 12.0 Å². The lowest BCUT2D eigenvalue weighted by Crippen LogP contribution is -2.26. The average Bonchev–Trinajstić information content (AvgIpc) is 2.69. The zero-order valence-corrected chi connectivity index (χ0v) is 8.41. The first kappa shape index (κ1) is 10.3. The van der Waals surface area contributed by atoms with Gasteiger partial charge in [-0.15, -0.1) is 6.58 Å². The van der Waals surface area contributed by atoms with Crippen molar-refractivity contribution in [2.75, 3.05) is 13.2 Å². The van der Waals surface area contributed by atoms with Crippen molar-refractivity contribution in [2.24, 2.45) is 0 Å². The van der Waals surface area contributed by atoms with Crippen molar-refractivity contribution in [3.05, 3.63) is 48.3 Å². The molecule has 1 aliphatic heterocycles. The molecular formula is C12H13FO2. The molecule has 0 aliphatic carbocycles. The summed E-state index contributed by atoms with van der Waals surface area (Å²) in [4.78, 5) is 0. The molecule has 0 amide bonds. The molecule has 15 heavy (non-hydrogen) atoms. The van der Waals surface area contributed by atoms with Crippen LogP contribution < -0.4 is 0 Å². The lowest BCUT2D eigenvalue weighted by molar-refractivity contribution is -0.162. The zero-order chi connectivity index (χ0) is 10.7. The van der Waals surface area contributed by atoms with E-state index in [1.807, 2.05) is 0 Å². The number of rotatable bonds is 3. The number of benzene rings is 1. The quantitative estimate of drug-likeness (QED) is 0.711. The Bertz CT molecular complexity index is 339. The largest absolute Gasteiger partial charge is 0.343 e. The third-order valence-electron chi connectivity index (χ3n) is 2.45. The molecule has 1 heterocycles. The number of halogens is 1. The molecule has 0 bridgehead atoms. The standard InChI is InChI=1S/C12H13FO2/c1-2-7-12(14-8-9-15-12)10-3-5-11(13)6-4-10/h2-6H,1,7-9H2. The van der Waals surface area contributed by atoms with E-state index >= 15 is 0 Å². The van der Waals surface area contributed by atoms with Crippen LogP contribution in [0.5, 0.6) is 0 Å². The Labute approximate surface area is 88.3 Å². The second-order valence-electron chi connectivity index (χ2n) is 3.45. The van der Waals surface area contributed by atoms with E-state index in [0.29, 0.717) is 19.6 Å². The van der Waals surface area contributed by atoms with E-state index < -0.39 is 5.79 Å². The van der Waals surface area contributed by atoms with E-state index in [4.69, 9.17) is 9.47 Å². The van der Waals surface area contributed by atoms with Crippen molar-refractivity contribution in [3.8, 4) is 0 Å². The van der Waals surface area contributed by atoms with Crippen LogP contribution in [0.2, 0.25) is 0 Å². The first-order chi connectivity index (χ1) is 7.27. The lowest BCUT2D eigenvalue weighted by Gasteiger charge is -2.26. The molecule has 3 heteroatoms. The summed E-state index contributed by atoms with van der Waals surface area (Å²) < 4.78 is 24.0. The summed E-state index contributed by atoms with van der Waals surface area (Å²) in [6.45, 7) is 4.80. The van der Waals surface area contributed by atoms with Gasteiger partial charge in [0.15, 0.2) is 5.79 Å². The highest BCUT2D eigenvalue weighted by molar-refractivity contribution is 5.22. The van der Waals surface area contributed by atoms with Gasteiger partial charge in [-0.1, -0.05) is 18.2 Å². The van der Waals surface area contributed by atoms with Crippen LogP contribution in [0.1, 0.15) is 12.0 Å². The van der Waals surface area contributed by atoms with Crippen LogP contribution in [0.25, 0.3) is 0 Å². The van der Waals surface area contributed by atoms with Crippen LogP contribution in [-0.2, 0) is 15.3 Å². The first-order valence-corrected chi connectivity index (χ1v) is 4.92. The van der Waals surface area contributed by atoms with Crippen LogP contribution in [0.4, 0.5) is 4.39 Å². The normalized spacial score (nSPS) is 19.0. The Morgan fingerprint density at radius 1 is 1.27 bits per heavy atom. The highest BCUT2D eigenvalue weighted by Crippen LogP contribution is 2.35. The molecular weight excluding hydrogens is 195 g/mol. The highest BCUT2D eigenvalue weighted by Gasteiger charge is 2.37. The van der Waals surface area contributed by atoms with E-state index in [2.05, 4.69) is 6.58 Å². The summed E-state index contributed by atoms with van der Waals surface area (Å²) >= 11 is 0. The summed E-state index contributed by atoms with van der Waals surface area (Å²) in [7, 11) is 0. The number of ether oxygens (including phenoxy) is 2. The Morgan fingerprint density at radius 2 is 1.87 bits per heavy atom. The molecule has 2 nitrogen and oxygen atoms in total. The van der Waals surface area contributed by atoms with E-state index in [9.17, 15) is 4.39 Å². The minimum atomic E-state index is -0.755. The predicted octanol–water partition coefficient (Wildman–Crippen LogP) is 2.60. The van der Waals surface area contributed by atoms with Crippen LogP contribution in [0.15, 0.2) is 36.9 Å². The van der Waals surface area contributed by atoms with Crippen molar-refractivity contribution in [1.29, 1.82) is 0 Å². The van der Waals surface area contributed by atoms with Crippen LogP contribution in [0.3, 0.4) is 0 Å². The van der Waals surface area contributed by atoms with Gasteiger partial charge in [0.05, 0.1) is 13.2 Å². The summed E-state index contributed by atoms with van der Waals surface area (Å²) in [5.41, 5.74) is 0.835. The lowest BCUT2D eigenvalue weighted by atomic mass is 10.0. The van der Waals surface area contributed by atoms with E-state index in [1.54, 1.807) is 18.2 Å². The van der Waals surface area contributed by atoms with Gasteiger partial charge in [-0.2, -0.15) is 0 Å². The Morgan fingerprint density at radius 3 is 2.40 bits per heavy atom. The van der Waals surface area contributed by atoms with Gasteiger partial charge in [0.2, 0.25) is 0 Å². The molecule has 0 radical (unpaired) electrons. The third kappa shape index (κ3) is 1.94. The fourth-order valence-electron chi connectivity index (χ4n) is 1.75. The molecule has 80 valence electrons. The SMILES string of the molecule is C=CCC1(c2ccc(F)cc2)OCCO1. The maximum absolute atomic E-state index is 12.8. The second kappa shape index (κ2) is 4.13. The molecule has 1 aromatic rings. The Hall–Kier alpha value is -1.19. The maximum Gasteiger partial charge on any atom is 0.198 e. The molecule has 1 fully saturated rings. The summed E-state index contributed by atoms with van der Waals surface area (Å²) in [6.07, 6.45) is 2.31. The molecule has 0 aromatic heterocycles. The third-order valence-corrected chi connectivity index (χ3v) is 2.45. The minimum absolute atomic E-state index is 0.259. The molecule has 1 aliphatic rings. The van der Waals surface area contributed by atoms with Gasteiger partial charge in [-0.25, -0.2) is 4.39 Å². The second-order valence-corrected chi connectivity index (χ2v) is 3.45. The van der Waals surface area contributed by atoms with Gasteiger partial charge in [-0.3, -0.25) is 0 Å². The molecule has 0 atom stereocenters. The van der Waals surface area contributed by atoms with Gasteiger partial charge in [0.1, 0.15) is 5.82 Å². The van der Waals surface area contributed by atoms with Crippen molar-refractivity contribution in [3.63, 3.8) is 0 Å². The van der Waals surface area contributed by atoms with Gasteiger partial charge in [0.25, 0.3) is 0 Å². The zero-order valence-electron chi connectivity index (χ0n) is 8.41. The smallest absolute Gasteiger partial charge is 0.198 e. The van der Waals surface area contributed by atoms with E-state index in [-0.39, 0.29) is 5.82 Å². The number of hydrogen-bond acceptors (Lipinski definition) is 2. The molecule has 0 saturated carbocycles. The molecule has 0 N–H and O–H groups in total. The summed E-state index contributed by atoms with van der Waals surface area (Å²) in [5, 5.41) is 0. The van der Waals surface area contributed by atoms with Crippen LogP contribution in [-0.4, -0.2) is 13.2 Å². The van der Waals surface area contributed by atoms with Gasteiger partial charge < -0.3 is 9.47 Å². The Kier molecular flexibility index (Phi) is 2.84. The Balaban J connectivity index is 2.31. The van der Waals surface area contributed by atoms with Gasteiger partial charge >= 0.3 is 0 Å². The van der Waals surface area contributed by atoms with Crippen LogP contribution in [0, 0.1) is 5.82 Å². The van der Waals surface area contributed by atoms with Crippen molar-refractivity contribution in [1.82, 2.24) is 0 Å². The predicted molar refractivity (Wildman–Crippen MR) is 54.8 cm³/mol. The maximum atomic E-state index is 12.8. The number of hydrogen-bond donors (Lipinski definition) is 0. The average molecular weight is 208 g/mol. The first-order valence-electron chi connectivity index (χ1n) is 4.92. The fraction of sp³-hybridized carbons (Fsp3) is 0.333. The molecule has 1 aromatic carbocycles. The van der Waals surface area contributed by atoms with Gasteiger partial charge in [-0.05, 0) is 12.1 Å². The topological polar surface area (TPSA) is 18.5 Å². The van der Waals surface area contributed by atoms with Crippen LogP contribution >= 0.6 is 0 Å². The molecule has 0 spiro atoms. The van der Waals surface area contributed by atoms with Crippen molar-refractivity contribution >= 4 is 0 Å². The van der Waals surface area contributed by atoms with E-state index in [0.717, 1.165) is 5.56 Å². The van der Waals surface area contributed by atoms with Crippen molar-refractivity contribution in [2.45, 2.75) is 12.2 Å². The highest BCUT2D eigenvalue weighted by atomic mass is 19.1. The molecule has 2 rings (SSSR count). The van der Waals surface area contributed by atoms with Crippen molar-refractivity contribution < 1.29 is 13.9 Å². The fourth-order valence-corrected chi connectivity index (χ4v) is 1.75. The monoisotopic (exact) mass is 208 g/mol.